The Hall–Kier alpha value is -2.56. The molecule has 0 N–H and O–H groups in total. The minimum Gasteiger partial charge on any atom is -0.404 e. The smallest absolute Gasteiger partial charge is 0.404 e. The lowest BCUT2D eigenvalue weighted by Gasteiger charge is -2.22. The van der Waals surface area contributed by atoms with Gasteiger partial charge in [0.1, 0.15) is 0 Å². The van der Waals surface area contributed by atoms with Gasteiger partial charge in [0, 0.05) is 12.3 Å². The summed E-state index contributed by atoms with van der Waals surface area (Å²) in [6.07, 6.45) is 6.08. The maximum Gasteiger partial charge on any atom is 0.405 e. The van der Waals surface area contributed by atoms with E-state index < -0.39 is 0 Å². The SMILES string of the molecule is CB1C=Cc2c(oc3ncccc23)N1c1cc(C)c(C)c[n+]1C. The minimum atomic E-state index is 0.219. The molecule has 0 fully saturated rings. The van der Waals surface area contributed by atoms with Crippen LogP contribution in [0.3, 0.4) is 0 Å². The summed E-state index contributed by atoms with van der Waals surface area (Å²) in [4.78, 5) is 6.60. The Morgan fingerprint density at radius 1 is 1.26 bits per heavy atom. The molecule has 0 spiro atoms. The van der Waals surface area contributed by atoms with E-state index in [9.17, 15) is 0 Å². The summed E-state index contributed by atoms with van der Waals surface area (Å²) in [6.45, 7) is 6.67. The van der Waals surface area contributed by atoms with Crippen LogP contribution in [0.25, 0.3) is 17.2 Å². The molecule has 23 heavy (non-hydrogen) atoms. The third-order valence-corrected chi connectivity index (χ3v) is 4.62. The molecular weight excluding hydrogens is 285 g/mol. The molecule has 3 aromatic rings. The lowest BCUT2D eigenvalue weighted by molar-refractivity contribution is -0.658. The van der Waals surface area contributed by atoms with Gasteiger partial charge >= 0.3 is 6.85 Å². The Morgan fingerprint density at radius 2 is 2.09 bits per heavy atom. The van der Waals surface area contributed by atoms with Gasteiger partial charge in [-0.25, -0.2) is 9.55 Å². The average Bonchev–Trinajstić information content (AvgIpc) is 2.90. The standard InChI is InChI=1S/C18H19BN3O/c1-12-10-16(21(4)11-13(12)2)22-18-15(7-8-19(22)3)14-6-5-9-20-17(14)23-18/h5-11H,1-4H3/q+1. The maximum absolute atomic E-state index is 6.10. The normalized spacial score (nSPS) is 13.7. The summed E-state index contributed by atoms with van der Waals surface area (Å²) >= 11 is 0. The molecule has 1 aliphatic rings. The largest absolute Gasteiger partial charge is 0.405 e. The number of fused-ring (bicyclic) bond motifs is 3. The first-order valence-corrected chi connectivity index (χ1v) is 7.88. The van der Waals surface area contributed by atoms with Gasteiger partial charge < -0.3 is 4.42 Å². The summed E-state index contributed by atoms with van der Waals surface area (Å²) < 4.78 is 8.26. The van der Waals surface area contributed by atoms with Crippen molar-refractivity contribution in [1.82, 2.24) is 4.98 Å². The van der Waals surface area contributed by atoms with E-state index in [2.05, 4.69) is 72.5 Å². The van der Waals surface area contributed by atoms with Crippen LogP contribution in [0.15, 0.2) is 41.0 Å². The van der Waals surface area contributed by atoms with Gasteiger partial charge in [0.2, 0.25) is 5.71 Å². The van der Waals surface area contributed by atoms with Crippen LogP contribution in [-0.4, -0.2) is 11.8 Å². The first-order valence-electron chi connectivity index (χ1n) is 7.88. The molecule has 0 unspecified atom stereocenters. The Balaban J connectivity index is 1.97. The van der Waals surface area contributed by atoms with E-state index >= 15 is 0 Å². The van der Waals surface area contributed by atoms with Crippen LogP contribution in [-0.2, 0) is 7.05 Å². The summed E-state index contributed by atoms with van der Waals surface area (Å²) in [7, 11) is 2.08. The minimum absolute atomic E-state index is 0.219. The number of hydrogen-bond acceptors (Lipinski definition) is 3. The van der Waals surface area contributed by atoms with Gasteiger partial charge in [0.05, 0.1) is 24.2 Å². The topological polar surface area (TPSA) is 33.2 Å². The predicted octanol–water partition coefficient (Wildman–Crippen LogP) is 3.59. The predicted molar refractivity (Wildman–Crippen MR) is 93.9 cm³/mol. The van der Waals surface area contributed by atoms with E-state index in [1.165, 1.54) is 11.1 Å². The quantitative estimate of drug-likeness (QED) is 0.509. The van der Waals surface area contributed by atoms with Gasteiger partial charge in [-0.1, -0.05) is 12.1 Å². The Morgan fingerprint density at radius 3 is 2.91 bits per heavy atom. The first-order chi connectivity index (χ1) is 11.1. The van der Waals surface area contributed by atoms with E-state index in [4.69, 9.17) is 4.42 Å². The first kappa shape index (κ1) is 14.1. The van der Waals surface area contributed by atoms with Gasteiger partial charge in [-0.2, -0.15) is 0 Å². The van der Waals surface area contributed by atoms with Crippen molar-refractivity contribution in [3.05, 3.63) is 53.3 Å². The van der Waals surface area contributed by atoms with Crippen molar-refractivity contribution < 1.29 is 8.98 Å². The molecule has 0 saturated carbocycles. The molecule has 0 radical (unpaired) electrons. The van der Waals surface area contributed by atoms with E-state index in [1.807, 2.05) is 6.07 Å². The van der Waals surface area contributed by atoms with Crippen LogP contribution < -0.4 is 9.38 Å². The van der Waals surface area contributed by atoms with Crippen molar-refractivity contribution in [3.8, 4) is 0 Å². The molecule has 1 aliphatic heterocycles. The molecule has 4 heterocycles. The number of furan rings is 1. The molecule has 4 nitrogen and oxygen atoms in total. The number of aromatic nitrogens is 2. The molecule has 0 saturated heterocycles. The monoisotopic (exact) mass is 304 g/mol. The number of pyridine rings is 2. The Labute approximate surface area is 136 Å². The molecule has 3 aromatic heterocycles. The number of hydrogen-bond donors (Lipinski definition) is 0. The van der Waals surface area contributed by atoms with Crippen LogP contribution in [0.5, 0.6) is 0 Å². The highest BCUT2D eigenvalue weighted by atomic mass is 16.4. The molecule has 0 aliphatic carbocycles. The Kier molecular flexibility index (Phi) is 3.05. The molecule has 5 heteroatoms. The van der Waals surface area contributed by atoms with Gasteiger partial charge in [-0.3, -0.25) is 4.81 Å². The molecule has 0 aromatic carbocycles. The fourth-order valence-corrected chi connectivity index (χ4v) is 3.21. The second-order valence-electron chi connectivity index (χ2n) is 6.26. The van der Waals surface area contributed by atoms with Crippen LogP contribution in [0.2, 0.25) is 6.82 Å². The average molecular weight is 304 g/mol. The lowest BCUT2D eigenvalue weighted by Crippen LogP contribution is -2.43. The zero-order valence-electron chi connectivity index (χ0n) is 13.9. The van der Waals surface area contributed by atoms with Crippen molar-refractivity contribution in [3.63, 3.8) is 0 Å². The van der Waals surface area contributed by atoms with Crippen LogP contribution in [0, 0.1) is 13.8 Å². The van der Waals surface area contributed by atoms with E-state index in [-0.39, 0.29) is 6.85 Å². The van der Waals surface area contributed by atoms with Gasteiger partial charge in [-0.05, 0) is 43.9 Å². The van der Waals surface area contributed by atoms with Crippen LogP contribution in [0.1, 0.15) is 16.7 Å². The van der Waals surface area contributed by atoms with E-state index in [1.54, 1.807) is 6.20 Å². The summed E-state index contributed by atoms with van der Waals surface area (Å²) in [6, 6.07) is 6.23. The van der Waals surface area contributed by atoms with Gasteiger partial charge in [0.25, 0.3) is 11.7 Å². The zero-order chi connectivity index (χ0) is 16.1. The number of rotatable bonds is 1. The van der Waals surface area contributed by atoms with Crippen LogP contribution >= 0.6 is 0 Å². The van der Waals surface area contributed by atoms with E-state index in [0.717, 1.165) is 22.7 Å². The van der Waals surface area contributed by atoms with Crippen molar-refractivity contribution >= 4 is 35.7 Å². The summed E-state index contributed by atoms with van der Waals surface area (Å²) in [5.41, 5.74) is 4.34. The zero-order valence-corrected chi connectivity index (χ0v) is 13.9. The summed E-state index contributed by atoms with van der Waals surface area (Å²) in [5, 5.41) is 1.06. The molecular formula is C18H19BN3O+. The molecule has 4 rings (SSSR count). The second kappa shape index (κ2) is 4.98. The second-order valence-corrected chi connectivity index (χ2v) is 6.26. The summed E-state index contributed by atoms with van der Waals surface area (Å²) in [5.74, 6) is 4.19. The third kappa shape index (κ3) is 2.07. The fraction of sp³-hybridized carbons (Fsp3) is 0.222. The van der Waals surface area contributed by atoms with Gasteiger partial charge in [0.15, 0.2) is 0 Å². The van der Waals surface area contributed by atoms with Crippen molar-refractivity contribution in [2.45, 2.75) is 20.7 Å². The molecule has 0 atom stereocenters. The highest BCUT2D eigenvalue weighted by Crippen LogP contribution is 2.39. The number of aryl methyl sites for hydroxylation is 3. The molecule has 0 bridgehead atoms. The van der Waals surface area contributed by atoms with Crippen molar-refractivity contribution in [1.29, 1.82) is 0 Å². The maximum atomic E-state index is 6.10. The fourth-order valence-electron chi connectivity index (χ4n) is 3.21. The number of nitrogens with zero attached hydrogens (tertiary/aromatic N) is 3. The van der Waals surface area contributed by atoms with Crippen molar-refractivity contribution in [2.24, 2.45) is 7.05 Å². The highest BCUT2D eigenvalue weighted by Gasteiger charge is 2.37. The lowest BCUT2D eigenvalue weighted by atomic mass is 9.61. The highest BCUT2D eigenvalue weighted by molar-refractivity contribution is 6.69. The molecule has 0 amide bonds. The van der Waals surface area contributed by atoms with Crippen LogP contribution in [0.4, 0.5) is 11.7 Å². The van der Waals surface area contributed by atoms with E-state index in [0.29, 0.717) is 5.71 Å². The number of anilines is 2. The van der Waals surface area contributed by atoms with Gasteiger partial charge in [-0.15, -0.1) is 0 Å². The third-order valence-electron chi connectivity index (χ3n) is 4.62. The van der Waals surface area contributed by atoms with Crippen molar-refractivity contribution in [2.75, 3.05) is 4.81 Å². The Bertz CT molecular complexity index is 945. The molecule has 114 valence electrons.